The normalized spacial score (nSPS) is 13.8. The number of hydrogen-bond donors (Lipinski definition) is 3. The number of aliphatic hydroxyl groups excluding tert-OH is 1. The lowest BCUT2D eigenvalue weighted by molar-refractivity contribution is -0.119. The molecule has 5 rings (SSSR count). The fourth-order valence-corrected chi connectivity index (χ4v) is 5.29. The fraction of sp³-hybridized carbons (Fsp3) is 0.303. The van der Waals surface area contributed by atoms with Crippen molar-refractivity contribution in [2.24, 2.45) is 5.92 Å². The standard InChI is InChI=1S/C33H34F2N4O6S/c1-43-30-18-25-27(19-31(30)44-15-14-38-12-9-22(20-40)10-13-38)36-11-8-28(25)45-29-7-6-24(17-26(29)35)39(46)33(42)37-32(41)16-21-2-4-23(34)5-3-21/h2-8,11,17-19,22,40,46H,9-10,12-16,20H2,1H3,(H,37,41,42). The molecule has 1 aromatic heterocycles. The minimum atomic E-state index is -0.889. The van der Waals surface area contributed by atoms with E-state index >= 15 is 4.39 Å². The van der Waals surface area contributed by atoms with E-state index in [9.17, 15) is 19.1 Å². The third-order valence-electron chi connectivity index (χ3n) is 7.71. The summed E-state index contributed by atoms with van der Waals surface area (Å²) in [6.45, 7) is 3.25. The number of urea groups is 1. The minimum absolute atomic E-state index is 0.0566. The molecule has 46 heavy (non-hydrogen) atoms. The van der Waals surface area contributed by atoms with Crippen LogP contribution in [0.3, 0.4) is 0 Å². The van der Waals surface area contributed by atoms with Gasteiger partial charge >= 0.3 is 6.03 Å². The lowest BCUT2D eigenvalue weighted by atomic mass is 9.98. The van der Waals surface area contributed by atoms with Crippen molar-refractivity contribution in [3.05, 3.63) is 84.1 Å². The second kappa shape index (κ2) is 15.2. The molecule has 1 aliphatic rings. The van der Waals surface area contributed by atoms with Crippen molar-refractivity contribution in [3.63, 3.8) is 0 Å². The van der Waals surface area contributed by atoms with Crippen LogP contribution in [0, 0.1) is 17.6 Å². The number of benzene rings is 3. The van der Waals surface area contributed by atoms with Crippen molar-refractivity contribution < 1.29 is 37.7 Å². The number of rotatable bonds is 11. The van der Waals surface area contributed by atoms with E-state index in [-0.39, 0.29) is 24.5 Å². The van der Waals surface area contributed by atoms with Crippen LogP contribution in [-0.2, 0) is 11.2 Å². The number of amides is 3. The third kappa shape index (κ3) is 8.22. The maximum atomic E-state index is 15.2. The van der Waals surface area contributed by atoms with Crippen LogP contribution in [0.2, 0.25) is 0 Å². The summed E-state index contributed by atoms with van der Waals surface area (Å²) in [5, 5.41) is 12.1. The molecule has 0 bridgehead atoms. The highest BCUT2D eigenvalue weighted by atomic mass is 32.1. The van der Waals surface area contributed by atoms with Crippen molar-refractivity contribution in [2.45, 2.75) is 19.3 Å². The van der Waals surface area contributed by atoms with Gasteiger partial charge in [0, 0.05) is 36.9 Å². The third-order valence-corrected chi connectivity index (χ3v) is 8.13. The highest BCUT2D eigenvalue weighted by molar-refractivity contribution is 7.82. The van der Waals surface area contributed by atoms with E-state index < -0.39 is 23.6 Å². The number of likely N-dealkylation sites (tertiary alicyclic amines) is 1. The van der Waals surface area contributed by atoms with Crippen LogP contribution in [0.15, 0.2) is 66.9 Å². The van der Waals surface area contributed by atoms with Gasteiger partial charge in [0.1, 0.15) is 18.2 Å². The number of fused-ring (bicyclic) bond motifs is 1. The van der Waals surface area contributed by atoms with E-state index in [1.54, 1.807) is 18.2 Å². The summed E-state index contributed by atoms with van der Waals surface area (Å²) in [4.78, 5) is 31.5. The molecule has 3 aromatic carbocycles. The van der Waals surface area contributed by atoms with Gasteiger partial charge in [-0.3, -0.25) is 20.0 Å². The number of methoxy groups -OCH3 is 1. The van der Waals surface area contributed by atoms with Crippen molar-refractivity contribution in [1.82, 2.24) is 15.2 Å². The Morgan fingerprint density at radius 1 is 1.02 bits per heavy atom. The van der Waals surface area contributed by atoms with Crippen molar-refractivity contribution in [1.29, 1.82) is 0 Å². The summed E-state index contributed by atoms with van der Waals surface area (Å²) < 4.78 is 46.6. The summed E-state index contributed by atoms with van der Waals surface area (Å²) in [5.41, 5.74) is 1.12. The summed E-state index contributed by atoms with van der Waals surface area (Å²) in [6, 6.07) is 13.3. The Hall–Kier alpha value is -4.46. The molecule has 4 aromatic rings. The molecule has 3 amide bonds. The topological polar surface area (TPSA) is 113 Å². The minimum Gasteiger partial charge on any atom is -0.493 e. The number of nitrogens with zero attached hydrogens (tertiary/aromatic N) is 3. The Kier molecular flexibility index (Phi) is 10.9. The summed E-state index contributed by atoms with van der Waals surface area (Å²) >= 11 is 4.12. The molecular weight excluding hydrogens is 618 g/mol. The number of anilines is 1. The predicted molar refractivity (Wildman–Crippen MR) is 172 cm³/mol. The van der Waals surface area contributed by atoms with Crippen molar-refractivity contribution in [3.8, 4) is 23.0 Å². The SMILES string of the molecule is COc1cc2c(Oc3ccc(N(S)C(=O)NC(=O)Cc4ccc(F)cc4)cc3F)ccnc2cc1OCCN1CCC(CO)CC1. The molecule has 242 valence electrons. The van der Waals surface area contributed by atoms with Gasteiger partial charge in [-0.2, -0.15) is 0 Å². The molecule has 2 N–H and O–H groups in total. The molecule has 0 aliphatic carbocycles. The number of ether oxygens (including phenoxy) is 3. The van der Waals surface area contributed by atoms with E-state index in [1.165, 1.54) is 49.7 Å². The van der Waals surface area contributed by atoms with Crippen LogP contribution in [-0.4, -0.2) is 66.9 Å². The molecule has 1 aliphatic heterocycles. The average Bonchev–Trinajstić information content (AvgIpc) is 3.06. The number of hydrogen-bond acceptors (Lipinski definition) is 9. The van der Waals surface area contributed by atoms with Gasteiger partial charge in [-0.15, -0.1) is 0 Å². The zero-order valence-corrected chi connectivity index (χ0v) is 26.0. The number of pyridine rings is 1. The van der Waals surface area contributed by atoms with Gasteiger partial charge in [-0.25, -0.2) is 17.9 Å². The Balaban J connectivity index is 1.22. The maximum Gasteiger partial charge on any atom is 0.338 e. The number of halogens is 2. The number of aliphatic hydroxyl groups is 1. The molecule has 1 fully saturated rings. The Morgan fingerprint density at radius 3 is 2.48 bits per heavy atom. The smallest absolute Gasteiger partial charge is 0.338 e. The number of carbonyl (C=O) groups is 2. The lowest BCUT2D eigenvalue weighted by Gasteiger charge is -2.30. The number of aromatic nitrogens is 1. The van der Waals surface area contributed by atoms with E-state index in [1.807, 2.05) is 0 Å². The Bertz CT molecular complexity index is 1690. The predicted octanol–water partition coefficient (Wildman–Crippen LogP) is 5.53. The van der Waals surface area contributed by atoms with Crippen LogP contribution in [0.5, 0.6) is 23.0 Å². The second-order valence-corrected chi connectivity index (χ2v) is 11.2. The van der Waals surface area contributed by atoms with Crippen LogP contribution >= 0.6 is 12.8 Å². The van der Waals surface area contributed by atoms with E-state index in [2.05, 4.69) is 28.0 Å². The van der Waals surface area contributed by atoms with E-state index in [0.717, 1.165) is 42.8 Å². The zero-order valence-electron chi connectivity index (χ0n) is 25.1. The number of carbonyl (C=O) groups excluding carboxylic acids is 2. The van der Waals surface area contributed by atoms with Gasteiger partial charge in [0.05, 0.1) is 24.7 Å². The van der Waals surface area contributed by atoms with Crippen molar-refractivity contribution in [2.75, 3.05) is 44.3 Å². The maximum absolute atomic E-state index is 15.2. The van der Waals surface area contributed by atoms with Crippen LogP contribution in [0.25, 0.3) is 10.9 Å². The first-order valence-corrected chi connectivity index (χ1v) is 15.1. The molecular formula is C33H34F2N4O6S. The van der Waals surface area contributed by atoms with Crippen LogP contribution < -0.4 is 23.8 Å². The lowest BCUT2D eigenvalue weighted by Crippen LogP contribution is -2.39. The molecule has 2 heterocycles. The summed E-state index contributed by atoms with van der Waals surface area (Å²) in [7, 11) is 1.53. The first kappa shape index (κ1) is 32.9. The largest absolute Gasteiger partial charge is 0.493 e. The van der Waals surface area contributed by atoms with Gasteiger partial charge in [-0.05, 0) is 73.8 Å². The van der Waals surface area contributed by atoms with Gasteiger partial charge in [0.2, 0.25) is 5.91 Å². The van der Waals surface area contributed by atoms with Crippen LogP contribution in [0.1, 0.15) is 18.4 Å². The average molecular weight is 653 g/mol. The van der Waals surface area contributed by atoms with Gasteiger partial charge < -0.3 is 19.3 Å². The first-order chi connectivity index (χ1) is 22.2. The zero-order chi connectivity index (χ0) is 32.6. The molecule has 0 atom stereocenters. The monoisotopic (exact) mass is 652 g/mol. The first-order valence-electron chi connectivity index (χ1n) is 14.7. The van der Waals surface area contributed by atoms with Crippen LogP contribution in [0.4, 0.5) is 19.3 Å². The van der Waals surface area contributed by atoms with Crippen molar-refractivity contribution >= 4 is 41.3 Å². The summed E-state index contributed by atoms with van der Waals surface area (Å²) in [5.74, 6) is -0.297. The van der Waals surface area contributed by atoms with E-state index in [0.29, 0.717) is 46.2 Å². The highest BCUT2D eigenvalue weighted by Crippen LogP contribution is 2.38. The van der Waals surface area contributed by atoms with E-state index in [4.69, 9.17) is 14.2 Å². The van der Waals surface area contributed by atoms with Gasteiger partial charge in [-0.1, -0.05) is 24.9 Å². The van der Waals surface area contributed by atoms with Gasteiger partial charge in [0.15, 0.2) is 23.1 Å². The number of piperidine rings is 1. The summed E-state index contributed by atoms with van der Waals surface area (Å²) in [6.07, 6.45) is 3.32. The number of thiol groups is 1. The molecule has 0 saturated carbocycles. The Morgan fingerprint density at radius 2 is 1.78 bits per heavy atom. The Labute approximate surface area is 270 Å². The fourth-order valence-electron chi connectivity index (χ4n) is 5.11. The molecule has 0 spiro atoms. The molecule has 0 radical (unpaired) electrons. The highest BCUT2D eigenvalue weighted by Gasteiger charge is 2.20. The molecule has 1 saturated heterocycles. The number of imide groups is 1. The van der Waals surface area contributed by atoms with Gasteiger partial charge in [0.25, 0.3) is 0 Å². The number of nitrogens with one attached hydrogen (secondary N) is 1. The second-order valence-electron chi connectivity index (χ2n) is 10.8. The molecule has 10 nitrogen and oxygen atoms in total. The quantitative estimate of drug-likeness (QED) is 0.182. The molecule has 13 heteroatoms. The molecule has 0 unspecified atom stereocenters.